The lowest BCUT2D eigenvalue weighted by Crippen LogP contribution is -2.18. The van der Waals surface area contributed by atoms with Crippen LogP contribution >= 0.6 is 11.8 Å². The molecule has 0 atom stereocenters. The molecule has 3 N–H and O–H groups in total. The minimum Gasteiger partial charge on any atom is -0.385 e. The standard InChI is InChI=1S/C18H18N4OS/c1-12-3-7-14(8-4-12)22-16(19)11-17(23)21-18(22)20-13-5-9-15(24-2)10-6-13/h3-11H,19H2,1-2H3,(H,20,21,23). The third-order valence-electron chi connectivity index (χ3n) is 3.60. The van der Waals surface area contributed by atoms with Crippen molar-refractivity contribution in [3.8, 4) is 5.69 Å². The monoisotopic (exact) mass is 338 g/mol. The number of nitrogens with two attached hydrogens (primary N) is 1. The Hall–Kier alpha value is -2.73. The maximum atomic E-state index is 11.8. The average molecular weight is 338 g/mol. The van der Waals surface area contributed by atoms with Gasteiger partial charge in [-0.3, -0.25) is 9.36 Å². The average Bonchev–Trinajstić information content (AvgIpc) is 2.56. The van der Waals surface area contributed by atoms with Crippen LogP contribution < -0.4 is 16.6 Å². The SMILES string of the molecule is CSc1ccc(Nc2nc(=O)cc(N)n2-c2ccc(C)cc2)cc1. The Kier molecular flexibility index (Phi) is 4.57. The fraction of sp³-hybridized carbons (Fsp3) is 0.111. The molecule has 0 radical (unpaired) electrons. The summed E-state index contributed by atoms with van der Waals surface area (Å²) in [5, 5.41) is 3.18. The van der Waals surface area contributed by atoms with Gasteiger partial charge in [0.05, 0.1) is 5.69 Å². The molecule has 6 heteroatoms. The van der Waals surface area contributed by atoms with E-state index < -0.39 is 0 Å². The maximum absolute atomic E-state index is 11.8. The van der Waals surface area contributed by atoms with Crippen LogP contribution in [0.1, 0.15) is 5.56 Å². The summed E-state index contributed by atoms with van der Waals surface area (Å²) in [5.74, 6) is 0.725. The predicted molar refractivity (Wildman–Crippen MR) is 100 cm³/mol. The molecule has 1 heterocycles. The number of nitrogen functional groups attached to an aromatic ring is 1. The predicted octanol–water partition coefficient (Wildman–Crippen LogP) is 3.59. The van der Waals surface area contributed by atoms with E-state index in [1.165, 1.54) is 6.07 Å². The van der Waals surface area contributed by atoms with Gasteiger partial charge in [0.1, 0.15) is 5.82 Å². The van der Waals surface area contributed by atoms with Crippen LogP contribution in [0, 0.1) is 6.92 Å². The molecule has 0 aliphatic carbocycles. The topological polar surface area (TPSA) is 72.9 Å². The van der Waals surface area contributed by atoms with Crippen molar-refractivity contribution in [2.45, 2.75) is 11.8 Å². The van der Waals surface area contributed by atoms with E-state index in [-0.39, 0.29) is 5.56 Å². The highest BCUT2D eigenvalue weighted by molar-refractivity contribution is 7.98. The van der Waals surface area contributed by atoms with Crippen molar-refractivity contribution in [1.82, 2.24) is 9.55 Å². The van der Waals surface area contributed by atoms with Gasteiger partial charge in [0.15, 0.2) is 0 Å². The highest BCUT2D eigenvalue weighted by Crippen LogP contribution is 2.23. The number of hydrogen-bond donors (Lipinski definition) is 2. The lowest BCUT2D eigenvalue weighted by molar-refractivity contribution is 0.986. The number of anilines is 3. The second-order valence-electron chi connectivity index (χ2n) is 5.37. The molecule has 0 aliphatic heterocycles. The molecule has 0 unspecified atom stereocenters. The Bertz CT molecular complexity index is 902. The van der Waals surface area contributed by atoms with Gasteiger partial charge in [0.2, 0.25) is 5.95 Å². The first-order valence-electron chi connectivity index (χ1n) is 7.44. The smallest absolute Gasteiger partial charge is 0.276 e. The first-order chi connectivity index (χ1) is 11.6. The van der Waals surface area contributed by atoms with Crippen LogP contribution in [0.25, 0.3) is 5.69 Å². The van der Waals surface area contributed by atoms with Crippen LogP contribution in [0.4, 0.5) is 17.5 Å². The Balaban J connectivity index is 2.05. The minimum absolute atomic E-state index is 0.335. The molecule has 122 valence electrons. The molecular weight excluding hydrogens is 320 g/mol. The largest absolute Gasteiger partial charge is 0.385 e. The van der Waals surface area contributed by atoms with Crippen LogP contribution in [0.2, 0.25) is 0 Å². The third kappa shape index (κ3) is 3.44. The van der Waals surface area contributed by atoms with Crippen molar-refractivity contribution in [3.05, 3.63) is 70.5 Å². The van der Waals surface area contributed by atoms with Crippen LogP contribution in [0.15, 0.2) is 64.3 Å². The Morgan fingerprint density at radius 1 is 1.08 bits per heavy atom. The van der Waals surface area contributed by atoms with Crippen molar-refractivity contribution in [2.75, 3.05) is 17.3 Å². The van der Waals surface area contributed by atoms with Crippen molar-refractivity contribution in [1.29, 1.82) is 0 Å². The fourth-order valence-electron chi connectivity index (χ4n) is 2.35. The van der Waals surface area contributed by atoms with Gasteiger partial charge in [-0.25, -0.2) is 0 Å². The van der Waals surface area contributed by atoms with E-state index in [1.807, 2.05) is 61.7 Å². The molecule has 0 spiro atoms. The molecule has 3 rings (SSSR count). The van der Waals surface area contributed by atoms with Crippen LogP contribution in [-0.4, -0.2) is 15.8 Å². The second kappa shape index (κ2) is 6.80. The van der Waals surface area contributed by atoms with Gasteiger partial charge in [0, 0.05) is 16.6 Å². The summed E-state index contributed by atoms with van der Waals surface area (Å²) < 4.78 is 1.73. The van der Waals surface area contributed by atoms with E-state index in [2.05, 4.69) is 10.3 Å². The van der Waals surface area contributed by atoms with Crippen molar-refractivity contribution < 1.29 is 0 Å². The molecule has 0 saturated heterocycles. The lowest BCUT2D eigenvalue weighted by atomic mass is 10.2. The zero-order chi connectivity index (χ0) is 17.1. The summed E-state index contributed by atoms with van der Waals surface area (Å²) >= 11 is 1.67. The highest BCUT2D eigenvalue weighted by atomic mass is 32.2. The number of aryl methyl sites for hydroxylation is 1. The molecule has 0 aliphatic rings. The number of aromatic nitrogens is 2. The number of hydrogen-bond acceptors (Lipinski definition) is 5. The van der Waals surface area contributed by atoms with Crippen molar-refractivity contribution in [3.63, 3.8) is 0 Å². The van der Waals surface area contributed by atoms with Crippen molar-refractivity contribution >= 4 is 29.2 Å². The van der Waals surface area contributed by atoms with Gasteiger partial charge in [-0.2, -0.15) is 4.98 Å². The Labute approximate surface area is 144 Å². The van der Waals surface area contributed by atoms with Gasteiger partial charge in [-0.1, -0.05) is 17.7 Å². The van der Waals surface area contributed by atoms with E-state index in [1.54, 1.807) is 16.3 Å². The van der Waals surface area contributed by atoms with Crippen molar-refractivity contribution in [2.24, 2.45) is 0 Å². The number of nitrogens with one attached hydrogen (secondary N) is 1. The van der Waals surface area contributed by atoms with Gasteiger partial charge in [0.25, 0.3) is 5.56 Å². The van der Waals surface area contributed by atoms with Gasteiger partial charge < -0.3 is 11.1 Å². The Morgan fingerprint density at radius 2 is 1.75 bits per heavy atom. The summed E-state index contributed by atoms with van der Waals surface area (Å²) in [5.41, 5.74) is 8.52. The van der Waals surface area contributed by atoms with E-state index in [9.17, 15) is 4.79 Å². The molecular formula is C18H18N4OS. The van der Waals surface area contributed by atoms with Crippen LogP contribution in [0.3, 0.4) is 0 Å². The van der Waals surface area contributed by atoms with Crippen LogP contribution in [0.5, 0.6) is 0 Å². The number of nitrogens with zero attached hydrogens (tertiary/aromatic N) is 2. The maximum Gasteiger partial charge on any atom is 0.276 e. The number of benzene rings is 2. The quantitative estimate of drug-likeness (QED) is 0.711. The van der Waals surface area contributed by atoms with E-state index in [4.69, 9.17) is 5.73 Å². The molecule has 1 aromatic heterocycles. The zero-order valence-electron chi connectivity index (χ0n) is 13.5. The highest BCUT2D eigenvalue weighted by Gasteiger charge is 2.10. The second-order valence-corrected chi connectivity index (χ2v) is 6.25. The molecule has 0 fully saturated rings. The fourth-order valence-corrected chi connectivity index (χ4v) is 2.76. The normalized spacial score (nSPS) is 10.6. The molecule has 3 aromatic rings. The van der Waals surface area contributed by atoms with Gasteiger partial charge >= 0.3 is 0 Å². The zero-order valence-corrected chi connectivity index (χ0v) is 14.3. The Morgan fingerprint density at radius 3 is 2.38 bits per heavy atom. The summed E-state index contributed by atoms with van der Waals surface area (Å²) in [7, 11) is 0. The van der Waals surface area contributed by atoms with Gasteiger partial charge in [-0.05, 0) is 49.6 Å². The van der Waals surface area contributed by atoms with Gasteiger partial charge in [-0.15, -0.1) is 11.8 Å². The van der Waals surface area contributed by atoms with E-state index >= 15 is 0 Å². The first kappa shape index (κ1) is 16.1. The molecule has 5 nitrogen and oxygen atoms in total. The molecule has 0 saturated carbocycles. The first-order valence-corrected chi connectivity index (χ1v) is 8.67. The molecule has 0 bridgehead atoms. The third-order valence-corrected chi connectivity index (χ3v) is 4.34. The molecule has 0 amide bonds. The summed E-state index contributed by atoms with van der Waals surface area (Å²) in [6, 6.07) is 17.1. The van der Waals surface area contributed by atoms with E-state index in [0.29, 0.717) is 11.8 Å². The minimum atomic E-state index is -0.376. The van der Waals surface area contributed by atoms with Crippen LogP contribution in [-0.2, 0) is 0 Å². The summed E-state index contributed by atoms with van der Waals surface area (Å²) in [6.45, 7) is 2.02. The summed E-state index contributed by atoms with van der Waals surface area (Å²) in [4.78, 5) is 17.0. The van der Waals surface area contributed by atoms with E-state index in [0.717, 1.165) is 21.8 Å². The molecule has 2 aromatic carbocycles. The summed E-state index contributed by atoms with van der Waals surface area (Å²) in [6.07, 6.45) is 2.02. The lowest BCUT2D eigenvalue weighted by Gasteiger charge is -2.16. The number of rotatable bonds is 4. The number of thioether (sulfide) groups is 1. The molecule has 24 heavy (non-hydrogen) atoms.